The summed E-state index contributed by atoms with van der Waals surface area (Å²) in [7, 11) is -4.04. The zero-order valence-electron chi connectivity index (χ0n) is 18.9. The predicted octanol–water partition coefficient (Wildman–Crippen LogP) is 2.65. The van der Waals surface area contributed by atoms with E-state index in [1.807, 2.05) is 33.8 Å². The zero-order valence-corrected chi connectivity index (χ0v) is 19.7. The molecule has 0 bridgehead atoms. The van der Waals surface area contributed by atoms with E-state index in [4.69, 9.17) is 15.0 Å². The van der Waals surface area contributed by atoms with Crippen molar-refractivity contribution in [2.45, 2.75) is 66.2 Å². The topological polar surface area (TPSA) is 136 Å². The fraction of sp³-hybridized carbons (Fsp3) is 0.619. The molecule has 0 saturated carbocycles. The van der Waals surface area contributed by atoms with E-state index in [0.717, 1.165) is 16.7 Å². The first-order valence-electron chi connectivity index (χ1n) is 10.0. The highest BCUT2D eigenvalue weighted by molar-refractivity contribution is 7.85. The molecular weight excluding hydrogens is 408 g/mol. The van der Waals surface area contributed by atoms with E-state index in [0.29, 0.717) is 5.75 Å². The Balaban J connectivity index is 0.00000263. The Morgan fingerprint density at radius 2 is 1.77 bits per heavy atom. The SMILES string of the molecule is CCC.Cc1cc(C)c(C(C)(C)CC(=O)NCCCS(=O)(=O)O)c(OC(=O)CN)c1. The van der Waals surface area contributed by atoms with Crippen molar-refractivity contribution in [1.82, 2.24) is 5.32 Å². The van der Waals surface area contributed by atoms with E-state index in [9.17, 15) is 18.0 Å². The summed E-state index contributed by atoms with van der Waals surface area (Å²) in [4.78, 5) is 23.9. The van der Waals surface area contributed by atoms with Gasteiger partial charge in [0.25, 0.3) is 10.1 Å². The lowest BCUT2D eigenvalue weighted by molar-refractivity contribution is -0.132. The van der Waals surface area contributed by atoms with Crippen molar-refractivity contribution in [3.8, 4) is 5.75 Å². The molecule has 0 heterocycles. The molecule has 0 aliphatic heterocycles. The van der Waals surface area contributed by atoms with Crippen LogP contribution in [0, 0.1) is 13.8 Å². The van der Waals surface area contributed by atoms with Crippen LogP contribution in [-0.4, -0.2) is 43.7 Å². The van der Waals surface area contributed by atoms with Crippen LogP contribution in [0.4, 0.5) is 0 Å². The predicted molar refractivity (Wildman–Crippen MR) is 118 cm³/mol. The number of nitrogens with one attached hydrogen (secondary N) is 1. The largest absolute Gasteiger partial charge is 0.425 e. The van der Waals surface area contributed by atoms with Gasteiger partial charge in [-0.05, 0) is 37.5 Å². The van der Waals surface area contributed by atoms with E-state index in [-0.39, 0.29) is 31.8 Å². The van der Waals surface area contributed by atoms with Gasteiger partial charge in [0.2, 0.25) is 5.91 Å². The van der Waals surface area contributed by atoms with Gasteiger partial charge >= 0.3 is 5.97 Å². The van der Waals surface area contributed by atoms with Crippen molar-refractivity contribution in [1.29, 1.82) is 0 Å². The van der Waals surface area contributed by atoms with Gasteiger partial charge in [-0.2, -0.15) is 8.42 Å². The number of nitrogens with two attached hydrogens (primary N) is 1. The van der Waals surface area contributed by atoms with Crippen molar-refractivity contribution in [2.75, 3.05) is 18.8 Å². The molecule has 9 heteroatoms. The van der Waals surface area contributed by atoms with Crippen molar-refractivity contribution in [3.63, 3.8) is 0 Å². The zero-order chi connectivity index (χ0) is 23.5. The minimum Gasteiger partial charge on any atom is -0.425 e. The standard InChI is InChI=1S/C18H28N2O6S.C3H8/c1-12-8-13(2)17(14(9-12)26-16(22)11-19)18(3,4)10-15(21)20-6-5-7-27(23,24)25;1-3-2/h8-9H,5-7,10-11,19H2,1-4H3,(H,20,21)(H,23,24,25);3H2,1-2H3. The lowest BCUT2D eigenvalue weighted by Gasteiger charge is -2.29. The average molecular weight is 445 g/mol. The Labute approximate surface area is 180 Å². The molecule has 0 atom stereocenters. The third-order valence-electron chi connectivity index (χ3n) is 4.01. The highest BCUT2D eigenvalue weighted by Crippen LogP contribution is 2.38. The van der Waals surface area contributed by atoms with E-state index in [1.54, 1.807) is 6.07 Å². The van der Waals surface area contributed by atoms with Gasteiger partial charge in [0.1, 0.15) is 5.75 Å². The molecule has 4 N–H and O–H groups in total. The van der Waals surface area contributed by atoms with Gasteiger partial charge in [0.15, 0.2) is 0 Å². The first-order chi connectivity index (χ1) is 13.8. The molecule has 0 fully saturated rings. The molecule has 0 spiro atoms. The van der Waals surface area contributed by atoms with Gasteiger partial charge in [0, 0.05) is 23.9 Å². The quantitative estimate of drug-likeness (QED) is 0.230. The Kier molecular flexibility index (Phi) is 11.8. The Morgan fingerprint density at radius 3 is 2.27 bits per heavy atom. The number of carbonyl (C=O) groups excluding carboxylic acids is 2. The third-order valence-corrected chi connectivity index (χ3v) is 4.82. The summed E-state index contributed by atoms with van der Waals surface area (Å²) in [5.74, 6) is -0.863. The van der Waals surface area contributed by atoms with Gasteiger partial charge in [-0.3, -0.25) is 14.1 Å². The van der Waals surface area contributed by atoms with E-state index in [1.165, 1.54) is 6.42 Å². The Hall–Kier alpha value is -1.97. The smallest absolute Gasteiger partial charge is 0.325 e. The molecular formula is C21H36N2O6S. The van der Waals surface area contributed by atoms with Gasteiger partial charge in [0.05, 0.1) is 12.3 Å². The van der Waals surface area contributed by atoms with Gasteiger partial charge in [-0.1, -0.05) is 40.2 Å². The number of hydrogen-bond donors (Lipinski definition) is 3. The molecule has 1 aromatic carbocycles. The second kappa shape index (κ2) is 12.7. The van der Waals surface area contributed by atoms with Crippen LogP contribution in [0.15, 0.2) is 12.1 Å². The highest BCUT2D eigenvalue weighted by Gasteiger charge is 2.30. The molecule has 0 aliphatic rings. The summed E-state index contributed by atoms with van der Waals surface area (Å²) in [6.07, 6.45) is 1.48. The molecule has 172 valence electrons. The molecule has 0 saturated heterocycles. The summed E-state index contributed by atoms with van der Waals surface area (Å²) in [6, 6.07) is 3.68. The lowest BCUT2D eigenvalue weighted by Crippen LogP contribution is -2.33. The van der Waals surface area contributed by atoms with Crippen molar-refractivity contribution < 1.29 is 27.3 Å². The van der Waals surface area contributed by atoms with Crippen LogP contribution in [0.3, 0.4) is 0 Å². The first-order valence-corrected chi connectivity index (χ1v) is 11.6. The van der Waals surface area contributed by atoms with E-state index < -0.39 is 27.3 Å². The van der Waals surface area contributed by atoms with Crippen molar-refractivity contribution in [3.05, 3.63) is 28.8 Å². The van der Waals surface area contributed by atoms with Crippen LogP contribution in [-0.2, 0) is 25.1 Å². The number of esters is 1. The number of carbonyl (C=O) groups is 2. The fourth-order valence-electron chi connectivity index (χ4n) is 3.08. The highest BCUT2D eigenvalue weighted by atomic mass is 32.2. The summed E-state index contributed by atoms with van der Waals surface area (Å²) >= 11 is 0. The molecule has 0 aromatic heterocycles. The maximum absolute atomic E-state index is 12.3. The molecule has 0 radical (unpaired) electrons. The van der Waals surface area contributed by atoms with Crippen LogP contribution < -0.4 is 15.8 Å². The minimum absolute atomic E-state index is 0.107. The number of amides is 1. The molecule has 0 aliphatic carbocycles. The summed E-state index contributed by atoms with van der Waals surface area (Å²) in [5, 5.41) is 2.64. The van der Waals surface area contributed by atoms with Crippen molar-refractivity contribution >= 4 is 22.0 Å². The summed E-state index contributed by atoms with van der Waals surface area (Å²) < 4.78 is 35.5. The van der Waals surface area contributed by atoms with Crippen LogP contribution in [0.25, 0.3) is 0 Å². The van der Waals surface area contributed by atoms with Gasteiger partial charge < -0.3 is 15.8 Å². The minimum atomic E-state index is -4.04. The van der Waals surface area contributed by atoms with Crippen LogP contribution in [0.5, 0.6) is 5.75 Å². The number of ether oxygens (including phenoxy) is 1. The second-order valence-electron chi connectivity index (χ2n) is 7.89. The second-order valence-corrected chi connectivity index (χ2v) is 9.46. The number of hydrogen-bond acceptors (Lipinski definition) is 6. The van der Waals surface area contributed by atoms with Crippen LogP contribution >= 0.6 is 0 Å². The number of aryl methyl sites for hydroxylation is 2. The number of rotatable bonds is 9. The number of benzene rings is 1. The molecule has 30 heavy (non-hydrogen) atoms. The maximum Gasteiger partial charge on any atom is 0.325 e. The summed E-state index contributed by atoms with van der Waals surface area (Å²) in [5.41, 5.74) is 7.24. The van der Waals surface area contributed by atoms with Gasteiger partial charge in [-0.15, -0.1) is 0 Å². The monoisotopic (exact) mass is 444 g/mol. The molecule has 0 unspecified atom stereocenters. The molecule has 1 aromatic rings. The lowest BCUT2D eigenvalue weighted by atomic mass is 9.78. The molecule has 1 amide bonds. The maximum atomic E-state index is 12.3. The normalized spacial score (nSPS) is 11.3. The molecule has 8 nitrogen and oxygen atoms in total. The Bertz CT molecular complexity index is 819. The Morgan fingerprint density at radius 1 is 1.20 bits per heavy atom. The first kappa shape index (κ1) is 28.0. The average Bonchev–Trinajstić information content (AvgIpc) is 2.57. The molecule has 1 rings (SSSR count). The van der Waals surface area contributed by atoms with Gasteiger partial charge in [-0.25, -0.2) is 0 Å². The van der Waals surface area contributed by atoms with Crippen LogP contribution in [0.1, 0.15) is 63.6 Å². The fourth-order valence-corrected chi connectivity index (χ4v) is 3.58. The van der Waals surface area contributed by atoms with Crippen LogP contribution in [0.2, 0.25) is 0 Å². The van der Waals surface area contributed by atoms with E-state index in [2.05, 4.69) is 19.2 Å². The van der Waals surface area contributed by atoms with Crippen molar-refractivity contribution in [2.24, 2.45) is 5.73 Å². The summed E-state index contributed by atoms with van der Waals surface area (Å²) in [6.45, 7) is 11.6. The van der Waals surface area contributed by atoms with E-state index >= 15 is 0 Å². The third kappa shape index (κ3) is 10.7.